The third-order valence-corrected chi connectivity index (χ3v) is 3.40. The maximum atomic E-state index is 5.54. The molecule has 2 fully saturated rings. The van der Waals surface area contributed by atoms with E-state index in [-0.39, 0.29) is 5.60 Å². The normalized spacial score (nSPS) is 36.2. The van der Waals surface area contributed by atoms with Crippen LogP contribution in [0.15, 0.2) is 0 Å². The van der Waals surface area contributed by atoms with Gasteiger partial charge in [-0.2, -0.15) is 0 Å². The number of rotatable bonds is 5. The number of methoxy groups -OCH3 is 1. The smallest absolute Gasteiger partial charge is 0.106 e. The summed E-state index contributed by atoms with van der Waals surface area (Å²) in [7, 11) is 1.77. The van der Waals surface area contributed by atoms with Gasteiger partial charge in [0.15, 0.2) is 0 Å². The standard InChI is InChI=1S/C11H21NO3/c1-13-11(3-5-15-9-11)8-12-6-10-2-4-14-7-10/h10,12H,2-9H2,1H3. The molecule has 0 aromatic heterocycles. The van der Waals surface area contributed by atoms with Crippen LogP contribution in [-0.4, -0.2) is 52.2 Å². The number of hydrogen-bond donors (Lipinski definition) is 1. The van der Waals surface area contributed by atoms with Crippen LogP contribution < -0.4 is 5.32 Å². The lowest BCUT2D eigenvalue weighted by molar-refractivity contribution is -0.0162. The van der Waals surface area contributed by atoms with Crippen molar-refractivity contribution < 1.29 is 14.2 Å². The molecule has 0 amide bonds. The minimum atomic E-state index is -0.0839. The van der Waals surface area contributed by atoms with Crippen LogP contribution in [0.2, 0.25) is 0 Å². The molecule has 2 aliphatic heterocycles. The van der Waals surface area contributed by atoms with E-state index in [1.165, 1.54) is 6.42 Å². The third kappa shape index (κ3) is 2.91. The molecule has 0 spiro atoms. The average Bonchev–Trinajstić information content (AvgIpc) is 2.89. The Bertz CT molecular complexity index is 186. The first-order valence-corrected chi connectivity index (χ1v) is 5.76. The van der Waals surface area contributed by atoms with Crippen LogP contribution in [0.3, 0.4) is 0 Å². The van der Waals surface area contributed by atoms with E-state index in [1.54, 1.807) is 7.11 Å². The number of nitrogens with one attached hydrogen (secondary N) is 1. The summed E-state index contributed by atoms with van der Waals surface area (Å²) >= 11 is 0. The Labute approximate surface area is 91.3 Å². The first-order chi connectivity index (χ1) is 7.35. The molecule has 0 saturated carbocycles. The van der Waals surface area contributed by atoms with E-state index in [1.807, 2.05) is 0 Å². The summed E-state index contributed by atoms with van der Waals surface area (Å²) in [6.45, 7) is 5.29. The maximum absolute atomic E-state index is 5.54. The first kappa shape index (κ1) is 11.3. The van der Waals surface area contributed by atoms with Crippen LogP contribution in [0.5, 0.6) is 0 Å². The number of ether oxygens (including phenoxy) is 3. The monoisotopic (exact) mass is 215 g/mol. The summed E-state index contributed by atoms with van der Waals surface area (Å²) in [5.74, 6) is 0.682. The van der Waals surface area contributed by atoms with Crippen LogP contribution in [0.25, 0.3) is 0 Å². The van der Waals surface area contributed by atoms with Gasteiger partial charge in [0.2, 0.25) is 0 Å². The van der Waals surface area contributed by atoms with E-state index in [2.05, 4.69) is 5.32 Å². The van der Waals surface area contributed by atoms with Crippen molar-refractivity contribution in [2.75, 3.05) is 46.6 Å². The second-order valence-electron chi connectivity index (χ2n) is 4.55. The summed E-state index contributed by atoms with van der Waals surface area (Å²) in [4.78, 5) is 0. The second-order valence-corrected chi connectivity index (χ2v) is 4.55. The predicted octanol–water partition coefficient (Wildman–Crippen LogP) is 0.418. The maximum Gasteiger partial charge on any atom is 0.106 e. The van der Waals surface area contributed by atoms with Gasteiger partial charge in [-0.15, -0.1) is 0 Å². The minimum Gasteiger partial charge on any atom is -0.381 e. The van der Waals surface area contributed by atoms with Crippen molar-refractivity contribution in [2.45, 2.75) is 18.4 Å². The van der Waals surface area contributed by atoms with Crippen LogP contribution in [-0.2, 0) is 14.2 Å². The predicted molar refractivity (Wildman–Crippen MR) is 57.0 cm³/mol. The van der Waals surface area contributed by atoms with Crippen molar-refractivity contribution in [2.24, 2.45) is 5.92 Å². The molecule has 2 heterocycles. The number of hydrogen-bond acceptors (Lipinski definition) is 4. The molecule has 2 atom stereocenters. The molecule has 4 heteroatoms. The molecule has 2 rings (SSSR count). The van der Waals surface area contributed by atoms with Crippen molar-refractivity contribution in [3.05, 3.63) is 0 Å². The largest absolute Gasteiger partial charge is 0.381 e. The van der Waals surface area contributed by atoms with Gasteiger partial charge in [-0.1, -0.05) is 0 Å². The second kappa shape index (κ2) is 5.25. The molecule has 4 nitrogen and oxygen atoms in total. The molecular weight excluding hydrogens is 194 g/mol. The fourth-order valence-electron chi connectivity index (χ4n) is 2.21. The van der Waals surface area contributed by atoms with Gasteiger partial charge >= 0.3 is 0 Å². The van der Waals surface area contributed by atoms with Crippen LogP contribution in [0.1, 0.15) is 12.8 Å². The Morgan fingerprint density at radius 3 is 2.93 bits per heavy atom. The zero-order valence-corrected chi connectivity index (χ0v) is 9.46. The Hall–Kier alpha value is -0.160. The highest BCUT2D eigenvalue weighted by molar-refractivity contribution is 4.87. The summed E-state index contributed by atoms with van der Waals surface area (Å²) in [5, 5.41) is 3.48. The topological polar surface area (TPSA) is 39.7 Å². The van der Waals surface area contributed by atoms with Crippen LogP contribution in [0, 0.1) is 5.92 Å². The molecule has 15 heavy (non-hydrogen) atoms. The zero-order valence-electron chi connectivity index (χ0n) is 9.46. The fourth-order valence-corrected chi connectivity index (χ4v) is 2.21. The van der Waals surface area contributed by atoms with Gasteiger partial charge in [-0.25, -0.2) is 0 Å². The summed E-state index contributed by atoms with van der Waals surface area (Å²) < 4.78 is 16.3. The van der Waals surface area contributed by atoms with Crippen LogP contribution in [0.4, 0.5) is 0 Å². The SMILES string of the molecule is COC1(CNCC2CCOC2)CCOC1. The van der Waals surface area contributed by atoms with Gasteiger partial charge in [-0.05, 0) is 12.3 Å². The van der Waals surface area contributed by atoms with Crippen molar-refractivity contribution >= 4 is 0 Å². The minimum absolute atomic E-state index is 0.0839. The average molecular weight is 215 g/mol. The molecule has 0 aromatic rings. The molecule has 0 bridgehead atoms. The van der Waals surface area contributed by atoms with Crippen LogP contribution >= 0.6 is 0 Å². The molecule has 1 N–H and O–H groups in total. The highest BCUT2D eigenvalue weighted by atomic mass is 16.5. The highest BCUT2D eigenvalue weighted by Crippen LogP contribution is 2.21. The Balaban J connectivity index is 1.67. The molecule has 2 saturated heterocycles. The van der Waals surface area contributed by atoms with Gasteiger partial charge < -0.3 is 19.5 Å². The lowest BCUT2D eigenvalue weighted by Gasteiger charge is -2.26. The third-order valence-electron chi connectivity index (χ3n) is 3.40. The van der Waals surface area contributed by atoms with Crippen molar-refractivity contribution in [1.82, 2.24) is 5.32 Å². The molecule has 0 aliphatic carbocycles. The summed E-state index contributed by atoms with van der Waals surface area (Å²) in [6.07, 6.45) is 2.18. The van der Waals surface area contributed by atoms with Crippen molar-refractivity contribution in [3.8, 4) is 0 Å². The van der Waals surface area contributed by atoms with Gasteiger partial charge in [0, 0.05) is 39.8 Å². The van der Waals surface area contributed by atoms with Crippen molar-refractivity contribution in [1.29, 1.82) is 0 Å². The van der Waals surface area contributed by atoms with Crippen molar-refractivity contribution in [3.63, 3.8) is 0 Å². The van der Waals surface area contributed by atoms with Gasteiger partial charge in [0.25, 0.3) is 0 Å². The molecule has 2 unspecified atom stereocenters. The Kier molecular flexibility index (Phi) is 3.97. The van der Waals surface area contributed by atoms with E-state index in [0.717, 1.165) is 45.9 Å². The Morgan fingerprint density at radius 1 is 1.40 bits per heavy atom. The summed E-state index contributed by atoms with van der Waals surface area (Å²) in [5.41, 5.74) is -0.0839. The van der Waals surface area contributed by atoms with E-state index in [9.17, 15) is 0 Å². The quantitative estimate of drug-likeness (QED) is 0.721. The van der Waals surface area contributed by atoms with Gasteiger partial charge in [0.05, 0.1) is 13.2 Å². The highest BCUT2D eigenvalue weighted by Gasteiger charge is 2.34. The van der Waals surface area contributed by atoms with E-state index in [4.69, 9.17) is 14.2 Å². The lowest BCUT2D eigenvalue weighted by atomic mass is 10.0. The molecule has 2 aliphatic rings. The van der Waals surface area contributed by atoms with Gasteiger partial charge in [0.1, 0.15) is 5.60 Å². The molecular formula is C11H21NO3. The van der Waals surface area contributed by atoms with E-state index < -0.39 is 0 Å². The zero-order chi connectivity index (χ0) is 10.6. The fraction of sp³-hybridized carbons (Fsp3) is 1.00. The first-order valence-electron chi connectivity index (χ1n) is 5.76. The molecule has 88 valence electrons. The lowest BCUT2D eigenvalue weighted by Crippen LogP contribution is -2.44. The molecule has 0 aromatic carbocycles. The van der Waals surface area contributed by atoms with E-state index >= 15 is 0 Å². The van der Waals surface area contributed by atoms with E-state index in [0.29, 0.717) is 5.92 Å². The van der Waals surface area contributed by atoms with Gasteiger partial charge in [-0.3, -0.25) is 0 Å². The molecule has 0 radical (unpaired) electrons. The summed E-state index contributed by atoms with van der Waals surface area (Å²) in [6, 6.07) is 0. The Morgan fingerprint density at radius 2 is 2.33 bits per heavy atom.